The molecule has 0 bridgehead atoms. The minimum atomic E-state index is -1.06. The Hall–Kier alpha value is -3.43. The fraction of sp³-hybridized carbons (Fsp3) is 0.406. The Morgan fingerprint density at radius 2 is 1.68 bits per heavy atom. The number of hydrogen-bond donors (Lipinski definition) is 1. The molecule has 3 atom stereocenters. The Labute approximate surface area is 248 Å². The molecule has 8 nitrogen and oxygen atoms in total. The molecule has 0 saturated carbocycles. The van der Waals surface area contributed by atoms with Gasteiger partial charge < -0.3 is 19.0 Å². The van der Waals surface area contributed by atoms with Crippen molar-refractivity contribution in [2.45, 2.75) is 64.0 Å². The van der Waals surface area contributed by atoms with Crippen LogP contribution in [0.5, 0.6) is 0 Å². The fourth-order valence-electron chi connectivity index (χ4n) is 5.14. The molecule has 1 aliphatic heterocycles. The number of rotatable bonds is 14. The molecule has 218 valence electrons. The van der Waals surface area contributed by atoms with E-state index in [4.69, 9.17) is 19.0 Å². The van der Waals surface area contributed by atoms with Crippen LogP contribution >= 0.6 is 15.9 Å². The summed E-state index contributed by atoms with van der Waals surface area (Å²) in [5.41, 5.74) is 1.83. The number of benzene rings is 2. The highest BCUT2D eigenvalue weighted by Gasteiger charge is 2.45. The van der Waals surface area contributed by atoms with E-state index in [0.29, 0.717) is 24.4 Å². The van der Waals surface area contributed by atoms with Crippen molar-refractivity contribution in [1.82, 2.24) is 4.90 Å². The molecule has 2 amide bonds. The van der Waals surface area contributed by atoms with E-state index < -0.39 is 36.0 Å². The predicted octanol–water partition coefficient (Wildman–Crippen LogP) is 6.19. The first-order chi connectivity index (χ1) is 19.9. The number of cyclic esters (lactones) is 1. The summed E-state index contributed by atoms with van der Waals surface area (Å²) in [4.78, 5) is 40.7. The first-order valence-corrected chi connectivity index (χ1v) is 14.8. The molecule has 3 aromatic rings. The maximum Gasteiger partial charge on any atom is 0.416 e. The maximum atomic E-state index is 14.3. The molecule has 0 spiro atoms. The molecule has 1 aliphatic rings. The third-order valence-electron chi connectivity index (χ3n) is 7.16. The Kier molecular flexibility index (Phi) is 11.2. The molecule has 4 rings (SSSR count). The summed E-state index contributed by atoms with van der Waals surface area (Å²) >= 11 is 3.57. The number of ether oxygens (including phenoxy) is 2. The molecule has 1 saturated heterocycles. The smallest absolute Gasteiger partial charge is 0.416 e. The van der Waals surface area contributed by atoms with E-state index in [-0.39, 0.29) is 19.6 Å². The number of nitrogens with zero attached hydrogens (tertiary/aromatic N) is 1. The summed E-state index contributed by atoms with van der Waals surface area (Å²) in [6.07, 6.45) is 3.00. The van der Waals surface area contributed by atoms with E-state index in [1.54, 1.807) is 6.07 Å². The minimum Gasteiger partial charge on any atom is -0.461 e. The first kappa shape index (κ1) is 30.5. The lowest BCUT2D eigenvalue weighted by Gasteiger charge is -2.29. The number of hydrogen-bond acceptors (Lipinski definition) is 7. The Morgan fingerprint density at radius 3 is 2.34 bits per heavy atom. The van der Waals surface area contributed by atoms with Gasteiger partial charge in [0.15, 0.2) is 6.10 Å². The fourth-order valence-corrected chi connectivity index (χ4v) is 5.65. The number of amides is 2. The Morgan fingerprint density at radius 1 is 1.02 bits per heavy atom. The molecule has 1 fully saturated rings. The van der Waals surface area contributed by atoms with Crippen LogP contribution in [0, 0.1) is 5.92 Å². The van der Waals surface area contributed by atoms with Crippen LogP contribution < -0.4 is 0 Å². The number of aliphatic hydroxyl groups is 1. The molecule has 9 heteroatoms. The van der Waals surface area contributed by atoms with Gasteiger partial charge in [0.05, 0.1) is 16.4 Å². The standard InChI is InChI=1S/C32H36BrNO7/c1-22(36)40-30(29-20-27(33)28(41-29)16-10-2-3-11-17-35)26(19-24-14-8-5-9-15-24)31(37)34-25(21-39-32(34)38)18-23-12-6-4-7-13-23/h4-9,12-15,20,25-26,30,35H,2-3,10-11,16-19,21H2,1H3/t25-,26+,30-/m0/s1. The molecule has 0 aliphatic carbocycles. The van der Waals surface area contributed by atoms with Crippen molar-refractivity contribution >= 4 is 33.9 Å². The Balaban J connectivity index is 1.65. The highest BCUT2D eigenvalue weighted by atomic mass is 79.9. The number of imide groups is 1. The van der Waals surface area contributed by atoms with Crippen molar-refractivity contribution in [2.75, 3.05) is 13.2 Å². The maximum absolute atomic E-state index is 14.3. The zero-order valence-corrected chi connectivity index (χ0v) is 24.8. The second-order valence-corrected chi connectivity index (χ2v) is 11.1. The topological polar surface area (TPSA) is 106 Å². The van der Waals surface area contributed by atoms with Crippen molar-refractivity contribution in [3.8, 4) is 0 Å². The zero-order chi connectivity index (χ0) is 29.2. The van der Waals surface area contributed by atoms with Gasteiger partial charge in [0.25, 0.3) is 0 Å². The highest BCUT2D eigenvalue weighted by molar-refractivity contribution is 9.10. The number of aliphatic hydroxyl groups excluding tert-OH is 1. The van der Waals surface area contributed by atoms with Crippen molar-refractivity contribution in [2.24, 2.45) is 5.92 Å². The summed E-state index contributed by atoms with van der Waals surface area (Å²) < 4.78 is 18.1. The Bertz CT molecular complexity index is 1290. The van der Waals surface area contributed by atoms with E-state index in [1.165, 1.54) is 11.8 Å². The third kappa shape index (κ3) is 8.30. The third-order valence-corrected chi connectivity index (χ3v) is 7.83. The molecular formula is C32H36BrNO7. The van der Waals surface area contributed by atoms with Crippen LogP contribution in [-0.4, -0.2) is 47.2 Å². The van der Waals surface area contributed by atoms with Gasteiger partial charge in [-0.25, -0.2) is 9.69 Å². The SMILES string of the molecule is CC(=O)O[C@H](c1cc(Br)c(CCCCCCO)o1)[C@@H](Cc1ccccc1)C(=O)N1C(=O)OC[C@@H]1Cc1ccccc1. The van der Waals surface area contributed by atoms with E-state index in [0.717, 1.165) is 41.3 Å². The zero-order valence-electron chi connectivity index (χ0n) is 23.2. The predicted molar refractivity (Wildman–Crippen MR) is 156 cm³/mol. The van der Waals surface area contributed by atoms with Crippen molar-refractivity contribution in [3.05, 3.63) is 93.9 Å². The van der Waals surface area contributed by atoms with Crippen LogP contribution in [0.1, 0.15) is 61.4 Å². The van der Waals surface area contributed by atoms with E-state index in [1.807, 2.05) is 60.7 Å². The summed E-state index contributed by atoms with van der Waals surface area (Å²) in [5.74, 6) is -0.973. The molecule has 0 radical (unpaired) electrons. The van der Waals surface area contributed by atoms with Gasteiger partial charge in [0, 0.05) is 20.0 Å². The second kappa shape index (κ2) is 15.0. The van der Waals surface area contributed by atoms with Crippen molar-refractivity contribution < 1.29 is 33.4 Å². The summed E-state index contributed by atoms with van der Waals surface area (Å²) in [5, 5.41) is 9.02. The number of carbonyl (C=O) groups excluding carboxylic acids is 3. The lowest BCUT2D eigenvalue weighted by atomic mass is 9.90. The van der Waals surface area contributed by atoms with Gasteiger partial charge in [0.2, 0.25) is 5.91 Å². The molecule has 1 aromatic heterocycles. The minimum absolute atomic E-state index is 0.0858. The van der Waals surface area contributed by atoms with E-state index in [9.17, 15) is 14.4 Å². The monoisotopic (exact) mass is 625 g/mol. The molecule has 1 N–H and O–H groups in total. The number of unbranched alkanes of at least 4 members (excludes halogenated alkanes) is 3. The van der Waals surface area contributed by atoms with Gasteiger partial charge in [0.1, 0.15) is 18.1 Å². The van der Waals surface area contributed by atoms with Crippen LogP contribution in [0.3, 0.4) is 0 Å². The van der Waals surface area contributed by atoms with Gasteiger partial charge in [-0.3, -0.25) is 9.59 Å². The van der Waals surface area contributed by atoms with Gasteiger partial charge in [-0.2, -0.15) is 0 Å². The summed E-state index contributed by atoms with van der Waals surface area (Å²) in [6, 6.07) is 20.3. The lowest BCUT2D eigenvalue weighted by molar-refractivity contribution is -0.155. The van der Waals surface area contributed by atoms with Gasteiger partial charge >= 0.3 is 12.1 Å². The number of carbonyl (C=O) groups is 3. The summed E-state index contributed by atoms with van der Waals surface area (Å²) in [7, 11) is 0. The molecule has 41 heavy (non-hydrogen) atoms. The van der Waals surface area contributed by atoms with E-state index in [2.05, 4.69) is 15.9 Å². The average molecular weight is 627 g/mol. The van der Waals surface area contributed by atoms with Crippen LogP contribution in [-0.2, 0) is 38.3 Å². The molecule has 2 heterocycles. The molecule has 2 aromatic carbocycles. The first-order valence-electron chi connectivity index (χ1n) is 14.0. The normalized spacial score (nSPS) is 16.3. The second-order valence-electron chi connectivity index (χ2n) is 10.3. The van der Waals surface area contributed by atoms with Crippen LogP contribution in [0.15, 0.2) is 75.6 Å². The number of esters is 1. The van der Waals surface area contributed by atoms with Gasteiger partial charge in [-0.05, 0) is 58.8 Å². The quantitative estimate of drug-likeness (QED) is 0.168. The molecular weight excluding hydrogens is 590 g/mol. The van der Waals surface area contributed by atoms with Gasteiger partial charge in [-0.1, -0.05) is 73.5 Å². The highest BCUT2D eigenvalue weighted by Crippen LogP contribution is 2.37. The van der Waals surface area contributed by atoms with Crippen molar-refractivity contribution in [1.29, 1.82) is 0 Å². The van der Waals surface area contributed by atoms with Crippen LogP contribution in [0.25, 0.3) is 0 Å². The van der Waals surface area contributed by atoms with Crippen molar-refractivity contribution in [3.63, 3.8) is 0 Å². The van der Waals surface area contributed by atoms with Crippen LogP contribution in [0.4, 0.5) is 4.79 Å². The number of halogens is 1. The largest absolute Gasteiger partial charge is 0.461 e. The number of furan rings is 1. The van der Waals surface area contributed by atoms with Crippen LogP contribution in [0.2, 0.25) is 0 Å². The van der Waals surface area contributed by atoms with E-state index >= 15 is 0 Å². The lowest BCUT2D eigenvalue weighted by Crippen LogP contribution is -2.46. The average Bonchev–Trinajstić information content (AvgIpc) is 3.52. The molecule has 0 unspecified atom stereocenters. The van der Waals surface area contributed by atoms with Gasteiger partial charge in [-0.15, -0.1) is 0 Å². The number of aryl methyl sites for hydroxylation is 1. The summed E-state index contributed by atoms with van der Waals surface area (Å²) in [6.45, 7) is 1.55.